The predicted octanol–water partition coefficient (Wildman–Crippen LogP) is 17.9. The third-order valence-electron chi connectivity index (χ3n) is 15.3. The summed E-state index contributed by atoms with van der Waals surface area (Å²) in [6.45, 7) is 2.39. The topological polar surface area (TPSA) is 3.24 Å². The van der Waals surface area contributed by atoms with Crippen molar-refractivity contribution in [2.45, 2.75) is 17.8 Å². The van der Waals surface area contributed by atoms with Crippen LogP contribution in [0.1, 0.15) is 45.9 Å². The first-order chi connectivity index (χ1) is 34.6. The van der Waals surface area contributed by atoms with Crippen LogP contribution in [0, 0.1) is 0 Å². The van der Waals surface area contributed by atoms with E-state index >= 15 is 0 Å². The molecule has 1 nitrogen and oxygen atoms in total. The predicted molar refractivity (Wildman–Crippen MR) is 292 cm³/mol. The maximum Gasteiger partial charge on any atom is 0.0713 e. The molecule has 11 aromatic carbocycles. The molecule has 0 amide bonds. The van der Waals surface area contributed by atoms with Crippen molar-refractivity contribution in [3.8, 4) is 55.6 Å². The number of fused-ring (bicyclic) bond motifs is 6. The second-order valence-corrected chi connectivity index (χ2v) is 18.9. The maximum atomic E-state index is 2.46. The third-order valence-corrected chi connectivity index (χ3v) is 15.3. The Labute approximate surface area is 411 Å². The normalized spacial score (nSPS) is 14.8. The number of rotatable bonds is 9. The van der Waals surface area contributed by atoms with Crippen LogP contribution in [0.15, 0.2) is 279 Å². The van der Waals surface area contributed by atoms with Crippen molar-refractivity contribution in [1.29, 1.82) is 0 Å². The molecule has 0 saturated carbocycles. The Kier molecular flexibility index (Phi) is 9.92. The summed E-state index contributed by atoms with van der Waals surface area (Å²) in [5, 5.41) is 0. The summed E-state index contributed by atoms with van der Waals surface area (Å²) in [5.74, 6) is 0. The smallest absolute Gasteiger partial charge is 0.0713 e. The molecule has 13 rings (SSSR count). The molecular weight excluding hydrogens is 843 g/mol. The van der Waals surface area contributed by atoms with E-state index in [1.54, 1.807) is 0 Å². The molecule has 2 aliphatic carbocycles. The molecule has 330 valence electrons. The third kappa shape index (κ3) is 6.46. The first kappa shape index (κ1) is 41.4. The van der Waals surface area contributed by atoms with Gasteiger partial charge in [0.2, 0.25) is 0 Å². The molecule has 0 aliphatic heterocycles. The molecule has 0 bridgehead atoms. The Morgan fingerprint density at radius 2 is 0.643 bits per heavy atom. The molecular formula is C69H49N. The van der Waals surface area contributed by atoms with Crippen LogP contribution in [0.25, 0.3) is 55.6 Å². The molecule has 2 aliphatic rings. The Morgan fingerprint density at radius 3 is 1.23 bits per heavy atom. The first-order valence-corrected chi connectivity index (χ1v) is 24.4. The first-order valence-electron chi connectivity index (χ1n) is 24.4. The van der Waals surface area contributed by atoms with Gasteiger partial charge in [0.1, 0.15) is 0 Å². The van der Waals surface area contributed by atoms with Gasteiger partial charge in [-0.3, -0.25) is 0 Å². The van der Waals surface area contributed by atoms with Gasteiger partial charge in [-0.2, -0.15) is 0 Å². The minimum absolute atomic E-state index is 0.289. The van der Waals surface area contributed by atoms with E-state index in [9.17, 15) is 0 Å². The van der Waals surface area contributed by atoms with Gasteiger partial charge in [-0.15, -0.1) is 0 Å². The van der Waals surface area contributed by atoms with Gasteiger partial charge >= 0.3 is 0 Å². The van der Waals surface area contributed by atoms with E-state index in [1.165, 1.54) is 94.6 Å². The summed E-state index contributed by atoms with van der Waals surface area (Å²) in [4.78, 5) is 2.46. The largest absolute Gasteiger partial charge is 0.310 e. The summed E-state index contributed by atoms with van der Waals surface area (Å²) in [6.07, 6.45) is 0. The highest BCUT2D eigenvalue weighted by Crippen LogP contribution is 2.58. The minimum atomic E-state index is -0.479. The Morgan fingerprint density at radius 1 is 0.243 bits per heavy atom. The van der Waals surface area contributed by atoms with Crippen LogP contribution in [0.5, 0.6) is 0 Å². The van der Waals surface area contributed by atoms with Crippen molar-refractivity contribution in [2.75, 3.05) is 4.90 Å². The average Bonchev–Trinajstić information content (AvgIpc) is 3.88. The second-order valence-electron chi connectivity index (χ2n) is 18.9. The van der Waals surface area contributed by atoms with Crippen molar-refractivity contribution >= 4 is 17.1 Å². The molecule has 0 spiro atoms. The lowest BCUT2D eigenvalue weighted by molar-refractivity contribution is 0.714. The zero-order chi connectivity index (χ0) is 46.7. The molecule has 1 unspecified atom stereocenters. The van der Waals surface area contributed by atoms with Crippen LogP contribution in [-0.4, -0.2) is 0 Å². The van der Waals surface area contributed by atoms with Gasteiger partial charge < -0.3 is 4.90 Å². The van der Waals surface area contributed by atoms with Crippen LogP contribution in [0.2, 0.25) is 0 Å². The molecule has 0 N–H and O–H groups in total. The summed E-state index contributed by atoms with van der Waals surface area (Å²) in [7, 11) is 0. The van der Waals surface area contributed by atoms with E-state index in [4.69, 9.17) is 0 Å². The molecule has 1 atom stereocenters. The molecule has 0 radical (unpaired) electrons. The van der Waals surface area contributed by atoms with Crippen LogP contribution in [-0.2, 0) is 10.8 Å². The van der Waals surface area contributed by atoms with Gasteiger partial charge in [-0.25, -0.2) is 0 Å². The average molecular weight is 892 g/mol. The number of hydrogen-bond acceptors (Lipinski definition) is 1. The highest BCUT2D eigenvalue weighted by atomic mass is 15.1. The van der Waals surface area contributed by atoms with Crippen molar-refractivity contribution in [1.82, 2.24) is 0 Å². The van der Waals surface area contributed by atoms with Crippen molar-refractivity contribution < 1.29 is 0 Å². The molecule has 1 heteroatoms. The van der Waals surface area contributed by atoms with E-state index in [0.717, 1.165) is 17.1 Å². The standard InChI is InChI=1S/C69H49N/c1-68(52-25-11-4-12-26-52)64-33-19-17-31-59(64)62-46-56(40-43-65(62)68)70(55-38-35-48(36-39-55)51-37-42-58(49-21-7-2-8-22-49)61(45-51)50-23-9-3-10-24-50)57-41-44-67-63(47-57)60-32-18-20-34-66(60)69(67,53-27-13-5-14-28-53)54-29-15-6-16-30-54/h2-47H,1H3. The highest BCUT2D eigenvalue weighted by molar-refractivity contribution is 5.93. The number of nitrogens with zero attached hydrogens (tertiary/aromatic N) is 1. The SMILES string of the molecule is CC1(c2ccccc2)c2ccccc2-c2cc(N(c3ccc(-c4ccc(-c5ccccc5)c(-c5ccccc5)c4)cc3)c3ccc4c(c3)-c3ccccc3C4(c3ccccc3)c3ccccc3)ccc21. The van der Waals surface area contributed by atoms with Crippen LogP contribution in [0.3, 0.4) is 0 Å². The molecule has 0 heterocycles. The summed E-state index contributed by atoms with van der Waals surface area (Å²) in [5.41, 5.74) is 23.9. The molecule has 11 aromatic rings. The molecule has 0 aromatic heterocycles. The van der Waals surface area contributed by atoms with Crippen molar-refractivity contribution in [3.63, 3.8) is 0 Å². The zero-order valence-corrected chi connectivity index (χ0v) is 39.0. The van der Waals surface area contributed by atoms with Gasteiger partial charge in [-0.05, 0) is 144 Å². The summed E-state index contributed by atoms with van der Waals surface area (Å²) in [6, 6.07) is 103. The lowest BCUT2D eigenvalue weighted by Crippen LogP contribution is -2.28. The number of benzene rings is 11. The Bertz CT molecular complexity index is 3650. The van der Waals surface area contributed by atoms with E-state index in [-0.39, 0.29) is 5.41 Å². The Balaban J connectivity index is 0.994. The van der Waals surface area contributed by atoms with Crippen molar-refractivity contribution in [2.24, 2.45) is 0 Å². The van der Waals surface area contributed by atoms with Gasteiger partial charge in [0.25, 0.3) is 0 Å². The van der Waals surface area contributed by atoms with E-state index in [0.29, 0.717) is 0 Å². The van der Waals surface area contributed by atoms with Gasteiger partial charge in [0.15, 0.2) is 0 Å². The van der Waals surface area contributed by atoms with Crippen molar-refractivity contribution in [3.05, 3.63) is 318 Å². The molecule has 70 heavy (non-hydrogen) atoms. The fraction of sp³-hybridized carbons (Fsp3) is 0.0435. The number of hydrogen-bond donors (Lipinski definition) is 0. The van der Waals surface area contributed by atoms with E-state index < -0.39 is 5.41 Å². The lowest BCUT2D eigenvalue weighted by Gasteiger charge is -2.34. The van der Waals surface area contributed by atoms with E-state index in [1.807, 2.05) is 0 Å². The zero-order valence-electron chi connectivity index (χ0n) is 39.0. The highest BCUT2D eigenvalue weighted by Gasteiger charge is 2.46. The summed E-state index contributed by atoms with van der Waals surface area (Å²) < 4.78 is 0. The van der Waals surface area contributed by atoms with E-state index in [2.05, 4.69) is 291 Å². The van der Waals surface area contributed by atoms with Crippen LogP contribution in [0.4, 0.5) is 17.1 Å². The maximum absolute atomic E-state index is 2.46. The second kappa shape index (κ2) is 16.8. The summed E-state index contributed by atoms with van der Waals surface area (Å²) >= 11 is 0. The Hall–Kier alpha value is -8.78. The fourth-order valence-electron chi connectivity index (χ4n) is 12.0. The quantitative estimate of drug-likeness (QED) is 0.140. The minimum Gasteiger partial charge on any atom is -0.310 e. The van der Waals surface area contributed by atoms with Gasteiger partial charge in [-0.1, -0.05) is 237 Å². The molecule has 0 saturated heterocycles. The number of anilines is 3. The fourth-order valence-corrected chi connectivity index (χ4v) is 12.0. The van der Waals surface area contributed by atoms with Gasteiger partial charge in [0, 0.05) is 22.5 Å². The van der Waals surface area contributed by atoms with Gasteiger partial charge in [0.05, 0.1) is 5.41 Å². The lowest BCUT2D eigenvalue weighted by atomic mass is 9.68. The van der Waals surface area contributed by atoms with Crippen LogP contribution < -0.4 is 4.90 Å². The monoisotopic (exact) mass is 891 g/mol. The van der Waals surface area contributed by atoms with Crippen LogP contribution >= 0.6 is 0 Å². The molecule has 0 fully saturated rings.